The summed E-state index contributed by atoms with van der Waals surface area (Å²) in [7, 11) is 0. The number of nitrogens with one attached hydrogen (secondary N) is 1. The summed E-state index contributed by atoms with van der Waals surface area (Å²) in [5.74, 6) is 0. The van der Waals surface area contributed by atoms with Crippen LogP contribution in [0.5, 0.6) is 0 Å². The normalized spacial score (nSPS) is 12.0. The van der Waals surface area contributed by atoms with E-state index in [9.17, 15) is 0 Å². The molecule has 1 N–H and O–H groups in total. The molecule has 0 saturated carbocycles. The van der Waals surface area contributed by atoms with Crippen LogP contribution in [0.3, 0.4) is 0 Å². The van der Waals surface area contributed by atoms with Crippen LogP contribution in [0.2, 0.25) is 0 Å². The molecular weight excluding hydrogens is 234 g/mol. The largest absolute Gasteiger partial charge is 0.306 e. The standard InChI is InChI=1S/C16H31N3/c1-5-6-7-8-9-10-12-19-13-11-15(18-19)14-17-16(2,3)4/h11,13,17H,5-10,12,14H2,1-4H3. The van der Waals surface area contributed by atoms with Gasteiger partial charge in [-0.3, -0.25) is 4.68 Å². The van der Waals surface area contributed by atoms with Crippen molar-refractivity contribution >= 4 is 0 Å². The summed E-state index contributed by atoms with van der Waals surface area (Å²) in [4.78, 5) is 0. The first-order valence-corrected chi connectivity index (χ1v) is 7.78. The number of nitrogens with zero attached hydrogens (tertiary/aromatic N) is 2. The summed E-state index contributed by atoms with van der Waals surface area (Å²) in [6, 6.07) is 2.12. The van der Waals surface area contributed by atoms with Gasteiger partial charge >= 0.3 is 0 Å². The maximum absolute atomic E-state index is 4.60. The van der Waals surface area contributed by atoms with Crippen molar-refractivity contribution in [2.45, 2.75) is 84.8 Å². The van der Waals surface area contributed by atoms with Crippen LogP contribution >= 0.6 is 0 Å². The van der Waals surface area contributed by atoms with E-state index < -0.39 is 0 Å². The maximum Gasteiger partial charge on any atom is 0.0762 e. The van der Waals surface area contributed by atoms with Crippen molar-refractivity contribution in [3.8, 4) is 0 Å². The SMILES string of the molecule is CCCCCCCCn1ccc(CNC(C)(C)C)n1. The minimum atomic E-state index is 0.156. The van der Waals surface area contributed by atoms with Crippen LogP contribution in [0.15, 0.2) is 12.3 Å². The Morgan fingerprint density at radius 3 is 2.47 bits per heavy atom. The predicted molar refractivity (Wildman–Crippen MR) is 82.2 cm³/mol. The average Bonchev–Trinajstić information content (AvgIpc) is 2.78. The van der Waals surface area contributed by atoms with Crippen molar-refractivity contribution in [2.75, 3.05) is 0 Å². The van der Waals surface area contributed by atoms with Gasteiger partial charge in [0, 0.05) is 24.8 Å². The molecule has 1 aromatic heterocycles. The Morgan fingerprint density at radius 2 is 1.79 bits per heavy atom. The Kier molecular flexibility index (Phi) is 7.14. The molecule has 0 aliphatic heterocycles. The molecule has 0 saturated heterocycles. The number of unbranched alkanes of at least 4 members (excludes halogenated alkanes) is 5. The lowest BCUT2D eigenvalue weighted by molar-refractivity contribution is 0.418. The van der Waals surface area contributed by atoms with Crippen molar-refractivity contribution < 1.29 is 0 Å². The van der Waals surface area contributed by atoms with Gasteiger partial charge < -0.3 is 5.32 Å². The second-order valence-electron chi connectivity index (χ2n) is 6.44. The van der Waals surface area contributed by atoms with Gasteiger partial charge in [-0.15, -0.1) is 0 Å². The molecule has 0 aliphatic carbocycles. The molecule has 0 unspecified atom stereocenters. The molecule has 3 nitrogen and oxygen atoms in total. The van der Waals surface area contributed by atoms with Gasteiger partial charge in [-0.05, 0) is 33.3 Å². The highest BCUT2D eigenvalue weighted by Crippen LogP contribution is 2.07. The van der Waals surface area contributed by atoms with Gasteiger partial charge in [-0.2, -0.15) is 5.10 Å². The fourth-order valence-electron chi connectivity index (χ4n) is 2.03. The Balaban J connectivity index is 2.16. The van der Waals surface area contributed by atoms with Crippen LogP contribution < -0.4 is 5.32 Å². The van der Waals surface area contributed by atoms with Crippen LogP contribution in [0.25, 0.3) is 0 Å². The van der Waals surface area contributed by atoms with E-state index in [1.54, 1.807) is 0 Å². The fourth-order valence-corrected chi connectivity index (χ4v) is 2.03. The van der Waals surface area contributed by atoms with Crippen molar-refractivity contribution in [1.29, 1.82) is 0 Å². The third-order valence-electron chi connectivity index (χ3n) is 3.24. The van der Waals surface area contributed by atoms with Gasteiger partial charge in [0.05, 0.1) is 5.69 Å². The zero-order valence-corrected chi connectivity index (χ0v) is 13.2. The predicted octanol–water partition coefficient (Wildman–Crippen LogP) is 4.13. The molecular formula is C16H31N3. The van der Waals surface area contributed by atoms with Crippen LogP contribution in [-0.2, 0) is 13.1 Å². The maximum atomic E-state index is 4.60. The van der Waals surface area contributed by atoms with Crippen molar-refractivity contribution in [2.24, 2.45) is 0 Å². The van der Waals surface area contributed by atoms with E-state index in [0.29, 0.717) is 0 Å². The molecule has 110 valence electrons. The smallest absolute Gasteiger partial charge is 0.0762 e. The van der Waals surface area contributed by atoms with Gasteiger partial charge in [0.15, 0.2) is 0 Å². The Labute approximate surface area is 118 Å². The van der Waals surface area contributed by atoms with Gasteiger partial charge in [0.2, 0.25) is 0 Å². The number of hydrogen-bond acceptors (Lipinski definition) is 2. The first-order chi connectivity index (χ1) is 9.01. The highest BCUT2D eigenvalue weighted by atomic mass is 15.3. The van der Waals surface area contributed by atoms with E-state index in [4.69, 9.17) is 0 Å². The zero-order chi connectivity index (χ0) is 14.1. The molecule has 1 aromatic rings. The molecule has 0 bridgehead atoms. The highest BCUT2D eigenvalue weighted by Gasteiger charge is 2.09. The van der Waals surface area contributed by atoms with Gasteiger partial charge in [-0.1, -0.05) is 39.0 Å². The molecule has 0 atom stereocenters. The monoisotopic (exact) mass is 265 g/mol. The molecule has 0 amide bonds. The topological polar surface area (TPSA) is 29.9 Å². The highest BCUT2D eigenvalue weighted by molar-refractivity contribution is 4.99. The lowest BCUT2D eigenvalue weighted by Gasteiger charge is -2.19. The minimum Gasteiger partial charge on any atom is -0.306 e. The van der Waals surface area contributed by atoms with E-state index in [1.165, 1.54) is 38.5 Å². The van der Waals surface area contributed by atoms with Crippen LogP contribution in [-0.4, -0.2) is 15.3 Å². The summed E-state index contributed by atoms with van der Waals surface area (Å²) in [6.07, 6.45) is 10.1. The fraction of sp³-hybridized carbons (Fsp3) is 0.812. The molecule has 1 rings (SSSR count). The third kappa shape index (κ3) is 8.04. The molecule has 0 spiro atoms. The summed E-state index contributed by atoms with van der Waals surface area (Å²) in [6.45, 7) is 10.7. The Bertz CT molecular complexity index is 336. The molecule has 19 heavy (non-hydrogen) atoms. The number of aryl methyl sites for hydroxylation is 1. The number of rotatable bonds is 9. The molecule has 0 radical (unpaired) electrons. The second kappa shape index (κ2) is 8.36. The van der Waals surface area contributed by atoms with E-state index in [-0.39, 0.29) is 5.54 Å². The van der Waals surface area contributed by atoms with Crippen LogP contribution in [0, 0.1) is 0 Å². The third-order valence-corrected chi connectivity index (χ3v) is 3.24. The number of aromatic nitrogens is 2. The van der Waals surface area contributed by atoms with Gasteiger partial charge in [0.1, 0.15) is 0 Å². The summed E-state index contributed by atoms with van der Waals surface area (Å²) >= 11 is 0. The van der Waals surface area contributed by atoms with Gasteiger partial charge in [0.25, 0.3) is 0 Å². The van der Waals surface area contributed by atoms with Crippen molar-refractivity contribution in [3.05, 3.63) is 18.0 Å². The minimum absolute atomic E-state index is 0.156. The summed E-state index contributed by atoms with van der Waals surface area (Å²) < 4.78 is 2.08. The van der Waals surface area contributed by atoms with E-state index in [2.05, 4.69) is 55.1 Å². The molecule has 0 aliphatic rings. The van der Waals surface area contributed by atoms with E-state index >= 15 is 0 Å². The Morgan fingerprint density at radius 1 is 1.11 bits per heavy atom. The average molecular weight is 265 g/mol. The summed E-state index contributed by atoms with van der Waals surface area (Å²) in [5, 5.41) is 8.07. The first-order valence-electron chi connectivity index (χ1n) is 7.78. The lowest BCUT2D eigenvalue weighted by Crippen LogP contribution is -2.35. The zero-order valence-electron chi connectivity index (χ0n) is 13.2. The lowest BCUT2D eigenvalue weighted by atomic mass is 10.1. The van der Waals surface area contributed by atoms with Gasteiger partial charge in [-0.25, -0.2) is 0 Å². The van der Waals surface area contributed by atoms with Crippen molar-refractivity contribution in [3.63, 3.8) is 0 Å². The Hall–Kier alpha value is -0.830. The second-order valence-corrected chi connectivity index (χ2v) is 6.44. The van der Waals surface area contributed by atoms with Crippen molar-refractivity contribution in [1.82, 2.24) is 15.1 Å². The summed E-state index contributed by atoms with van der Waals surface area (Å²) in [5.41, 5.74) is 1.30. The van der Waals surface area contributed by atoms with E-state index in [0.717, 1.165) is 18.8 Å². The first kappa shape index (κ1) is 16.2. The molecule has 1 heterocycles. The molecule has 0 aromatic carbocycles. The number of hydrogen-bond donors (Lipinski definition) is 1. The molecule has 0 fully saturated rings. The molecule has 3 heteroatoms. The van der Waals surface area contributed by atoms with Crippen LogP contribution in [0.4, 0.5) is 0 Å². The van der Waals surface area contributed by atoms with Crippen LogP contribution in [0.1, 0.15) is 71.9 Å². The van der Waals surface area contributed by atoms with E-state index in [1.807, 2.05) is 0 Å². The quantitative estimate of drug-likeness (QED) is 0.680.